The zero-order valence-corrected chi connectivity index (χ0v) is 13.4. The third-order valence-corrected chi connectivity index (χ3v) is 4.28. The summed E-state index contributed by atoms with van der Waals surface area (Å²) in [5.41, 5.74) is 3.77. The minimum absolute atomic E-state index is 0. The molecule has 0 unspecified atom stereocenters. The number of benzene rings is 1. The van der Waals surface area contributed by atoms with Gasteiger partial charge in [0, 0.05) is 17.8 Å². The molecule has 20 heavy (non-hydrogen) atoms. The van der Waals surface area contributed by atoms with E-state index in [-0.39, 0.29) is 28.8 Å². The number of thiazole rings is 1. The highest BCUT2D eigenvalue weighted by Crippen LogP contribution is 2.23. The van der Waals surface area contributed by atoms with Crippen LogP contribution in [0.25, 0.3) is 0 Å². The lowest BCUT2D eigenvalue weighted by atomic mass is 10.1. The van der Waals surface area contributed by atoms with E-state index >= 15 is 0 Å². The maximum atomic E-state index is 12.1. The summed E-state index contributed by atoms with van der Waals surface area (Å²) >= 11 is 1.56. The van der Waals surface area contributed by atoms with Gasteiger partial charge >= 0.3 is 0 Å². The first kappa shape index (κ1) is 14.9. The number of imide groups is 1. The molecule has 1 aliphatic heterocycles. The van der Waals surface area contributed by atoms with Crippen LogP contribution in [0.15, 0.2) is 29.8 Å². The summed E-state index contributed by atoms with van der Waals surface area (Å²) in [6, 6.07) is 6.96. The number of fused-ring (bicyclic) bond motifs is 1. The number of amides is 2. The molecule has 1 aromatic heterocycles. The number of hydrogen-bond acceptors (Lipinski definition) is 4. The number of rotatable bonds is 3. The summed E-state index contributed by atoms with van der Waals surface area (Å²) in [5.74, 6) is -0.384. The van der Waals surface area contributed by atoms with E-state index in [1.165, 1.54) is 4.90 Å². The third-order valence-electron chi connectivity index (χ3n) is 3.29. The van der Waals surface area contributed by atoms with Crippen molar-refractivity contribution in [1.82, 2.24) is 9.88 Å². The number of hydrogen-bond donors (Lipinski definition) is 0. The molecule has 2 aromatic rings. The molecule has 0 bridgehead atoms. The van der Waals surface area contributed by atoms with E-state index < -0.39 is 0 Å². The minimum Gasteiger partial charge on any atom is -0.274 e. The van der Waals surface area contributed by atoms with E-state index in [1.807, 2.05) is 6.92 Å². The number of carbonyl (C=O) groups is 2. The number of aryl methyl sites for hydroxylation is 1. The number of carbonyl (C=O) groups excluding carboxylic acids is 2. The van der Waals surface area contributed by atoms with Gasteiger partial charge < -0.3 is 0 Å². The van der Waals surface area contributed by atoms with Gasteiger partial charge in [0.25, 0.3) is 11.8 Å². The molecule has 2 amide bonds. The van der Waals surface area contributed by atoms with Crippen LogP contribution >= 0.6 is 28.3 Å². The van der Waals surface area contributed by atoms with E-state index in [9.17, 15) is 9.59 Å². The molecule has 0 spiro atoms. The van der Waals surface area contributed by atoms with Crippen LogP contribution in [0.4, 0.5) is 0 Å². The van der Waals surface area contributed by atoms with Crippen molar-refractivity contribution in [1.29, 1.82) is 0 Å². The summed E-state index contributed by atoms with van der Waals surface area (Å²) in [6.45, 7) is 2.35. The van der Waals surface area contributed by atoms with Crippen LogP contribution in [-0.2, 0) is 6.42 Å². The Balaban J connectivity index is 0.00000147. The minimum atomic E-state index is -0.192. The number of aromatic nitrogens is 1. The lowest BCUT2D eigenvalue weighted by molar-refractivity contribution is 0.0656. The topological polar surface area (TPSA) is 50.3 Å². The molecule has 6 heteroatoms. The quantitative estimate of drug-likeness (QED) is 0.798. The van der Waals surface area contributed by atoms with E-state index in [0.717, 1.165) is 10.6 Å². The molecule has 0 saturated heterocycles. The van der Waals surface area contributed by atoms with Gasteiger partial charge in [-0.15, -0.1) is 28.3 Å². The van der Waals surface area contributed by atoms with Crippen molar-refractivity contribution >= 4 is 40.1 Å². The first-order valence-corrected chi connectivity index (χ1v) is 6.90. The fraction of sp³-hybridized carbons (Fsp3) is 0.214. The zero-order valence-electron chi connectivity index (χ0n) is 10.8. The van der Waals surface area contributed by atoms with Gasteiger partial charge in [-0.25, -0.2) is 4.98 Å². The average Bonchev–Trinajstić information content (AvgIpc) is 2.93. The smallest absolute Gasteiger partial charge is 0.261 e. The van der Waals surface area contributed by atoms with Gasteiger partial charge in [0.1, 0.15) is 0 Å². The van der Waals surface area contributed by atoms with E-state index in [4.69, 9.17) is 0 Å². The molecular formula is C14H13BrN2O2S. The first-order valence-electron chi connectivity index (χ1n) is 6.02. The molecule has 0 N–H and O–H groups in total. The van der Waals surface area contributed by atoms with Crippen molar-refractivity contribution < 1.29 is 9.59 Å². The lowest BCUT2D eigenvalue weighted by Gasteiger charge is -2.12. The third kappa shape index (κ3) is 2.41. The van der Waals surface area contributed by atoms with Gasteiger partial charge in [-0.05, 0) is 19.1 Å². The lowest BCUT2D eigenvalue weighted by Crippen LogP contribution is -2.31. The van der Waals surface area contributed by atoms with Crippen molar-refractivity contribution in [2.45, 2.75) is 13.3 Å². The second-order valence-corrected chi connectivity index (χ2v) is 5.36. The summed E-state index contributed by atoms with van der Waals surface area (Å²) < 4.78 is 0. The normalized spacial score (nSPS) is 13.3. The zero-order chi connectivity index (χ0) is 13.4. The highest BCUT2D eigenvalue weighted by Gasteiger charge is 2.34. The molecule has 0 aliphatic carbocycles. The van der Waals surface area contributed by atoms with Crippen molar-refractivity contribution in [2.75, 3.05) is 6.54 Å². The van der Waals surface area contributed by atoms with E-state index in [0.29, 0.717) is 24.1 Å². The highest BCUT2D eigenvalue weighted by atomic mass is 79.9. The molecule has 2 heterocycles. The standard InChI is InChI=1S/C14H12N2O2S.BrH/c1-9-12(19-8-15-9)6-7-16-13(17)10-4-2-3-5-11(10)14(16)18;/h2-5,8H,6-7H2,1H3;1H. The van der Waals surface area contributed by atoms with Crippen LogP contribution < -0.4 is 0 Å². The summed E-state index contributed by atoms with van der Waals surface area (Å²) in [7, 11) is 0. The Morgan fingerprint density at radius 1 is 1.15 bits per heavy atom. The second kappa shape index (κ2) is 5.85. The van der Waals surface area contributed by atoms with Gasteiger partial charge in [-0.1, -0.05) is 12.1 Å². The molecule has 1 aliphatic rings. The van der Waals surface area contributed by atoms with Crippen LogP contribution in [-0.4, -0.2) is 28.2 Å². The highest BCUT2D eigenvalue weighted by molar-refractivity contribution is 8.93. The molecule has 0 fully saturated rings. The van der Waals surface area contributed by atoms with Crippen molar-refractivity contribution in [3.8, 4) is 0 Å². The maximum absolute atomic E-state index is 12.1. The van der Waals surface area contributed by atoms with Gasteiger partial charge in [0.2, 0.25) is 0 Å². The molecular weight excluding hydrogens is 340 g/mol. The Hall–Kier alpha value is -1.53. The predicted molar refractivity (Wildman–Crippen MR) is 82.7 cm³/mol. The monoisotopic (exact) mass is 352 g/mol. The number of halogens is 1. The Kier molecular flexibility index (Phi) is 4.35. The fourth-order valence-corrected chi connectivity index (χ4v) is 2.99. The summed E-state index contributed by atoms with van der Waals surface area (Å²) in [4.78, 5) is 30.9. The SMILES string of the molecule is Br.Cc1ncsc1CCN1C(=O)c2ccccc2C1=O. The van der Waals surface area contributed by atoms with Gasteiger partial charge in [0.05, 0.1) is 22.3 Å². The summed E-state index contributed by atoms with van der Waals surface area (Å²) in [5, 5.41) is 0. The Morgan fingerprint density at radius 2 is 1.75 bits per heavy atom. The maximum Gasteiger partial charge on any atom is 0.261 e. The first-order chi connectivity index (χ1) is 9.18. The van der Waals surface area contributed by atoms with Crippen LogP contribution in [0.5, 0.6) is 0 Å². The van der Waals surface area contributed by atoms with Crippen LogP contribution in [0, 0.1) is 6.92 Å². The predicted octanol–water partition coefficient (Wildman–Crippen LogP) is 2.87. The number of nitrogens with zero attached hydrogens (tertiary/aromatic N) is 2. The van der Waals surface area contributed by atoms with Crippen molar-refractivity contribution in [3.05, 3.63) is 51.5 Å². The van der Waals surface area contributed by atoms with Crippen LogP contribution in [0.2, 0.25) is 0 Å². The largest absolute Gasteiger partial charge is 0.274 e. The molecule has 0 saturated carbocycles. The van der Waals surface area contributed by atoms with E-state index in [2.05, 4.69) is 4.98 Å². The molecule has 0 radical (unpaired) electrons. The Bertz CT molecular complexity index is 634. The fourth-order valence-electron chi connectivity index (χ4n) is 2.22. The molecule has 4 nitrogen and oxygen atoms in total. The van der Waals surface area contributed by atoms with Gasteiger partial charge in [0.15, 0.2) is 0 Å². The Labute approximate surface area is 131 Å². The van der Waals surface area contributed by atoms with Crippen LogP contribution in [0.3, 0.4) is 0 Å². The molecule has 0 atom stereocenters. The van der Waals surface area contributed by atoms with Crippen molar-refractivity contribution in [3.63, 3.8) is 0 Å². The molecule has 1 aromatic carbocycles. The van der Waals surface area contributed by atoms with Gasteiger partial charge in [-0.3, -0.25) is 14.5 Å². The van der Waals surface area contributed by atoms with Crippen LogP contribution in [0.1, 0.15) is 31.3 Å². The second-order valence-electron chi connectivity index (χ2n) is 4.42. The van der Waals surface area contributed by atoms with Gasteiger partial charge in [-0.2, -0.15) is 0 Å². The summed E-state index contributed by atoms with van der Waals surface area (Å²) in [6.07, 6.45) is 0.669. The van der Waals surface area contributed by atoms with E-state index in [1.54, 1.807) is 41.1 Å². The Morgan fingerprint density at radius 3 is 2.25 bits per heavy atom. The average molecular weight is 353 g/mol. The van der Waals surface area contributed by atoms with Crippen molar-refractivity contribution in [2.24, 2.45) is 0 Å². The molecule has 3 rings (SSSR count). The molecule has 104 valence electrons.